The lowest BCUT2D eigenvalue weighted by Gasteiger charge is -2.23. The van der Waals surface area contributed by atoms with Gasteiger partial charge in [0.1, 0.15) is 11.5 Å². The SMILES string of the molecule is CCN(C(=O)c1ccc(OC)cc1)c1cc(O)ccc1C. The van der Waals surface area contributed by atoms with Crippen molar-refractivity contribution < 1.29 is 14.6 Å². The molecular formula is C17H19NO3. The number of hydrogen-bond acceptors (Lipinski definition) is 3. The molecule has 0 aliphatic rings. The van der Waals surface area contributed by atoms with Gasteiger partial charge in [0.2, 0.25) is 0 Å². The molecule has 0 saturated heterocycles. The average Bonchev–Trinajstić information content (AvgIpc) is 2.51. The van der Waals surface area contributed by atoms with Gasteiger partial charge in [-0.1, -0.05) is 6.07 Å². The summed E-state index contributed by atoms with van der Waals surface area (Å²) in [6.45, 7) is 4.35. The van der Waals surface area contributed by atoms with Crippen molar-refractivity contribution in [1.29, 1.82) is 0 Å². The van der Waals surface area contributed by atoms with Gasteiger partial charge in [0.15, 0.2) is 0 Å². The van der Waals surface area contributed by atoms with Crippen molar-refractivity contribution in [2.24, 2.45) is 0 Å². The molecular weight excluding hydrogens is 266 g/mol. The molecule has 2 rings (SSSR count). The number of carbonyl (C=O) groups excluding carboxylic acids is 1. The molecule has 0 heterocycles. The third-order valence-corrected chi connectivity index (χ3v) is 3.38. The minimum atomic E-state index is -0.103. The summed E-state index contributed by atoms with van der Waals surface area (Å²) in [4.78, 5) is 14.3. The molecule has 0 saturated carbocycles. The normalized spacial score (nSPS) is 10.2. The van der Waals surface area contributed by atoms with Crippen molar-refractivity contribution in [2.75, 3.05) is 18.6 Å². The molecule has 0 radical (unpaired) electrons. The largest absolute Gasteiger partial charge is 0.508 e. The average molecular weight is 285 g/mol. The lowest BCUT2D eigenvalue weighted by molar-refractivity contribution is 0.0988. The molecule has 0 spiro atoms. The molecule has 0 unspecified atom stereocenters. The van der Waals surface area contributed by atoms with Crippen LogP contribution in [0.25, 0.3) is 0 Å². The number of anilines is 1. The van der Waals surface area contributed by atoms with Gasteiger partial charge < -0.3 is 14.7 Å². The van der Waals surface area contributed by atoms with Crippen LogP contribution in [0, 0.1) is 6.92 Å². The van der Waals surface area contributed by atoms with Gasteiger partial charge in [0.05, 0.1) is 12.8 Å². The van der Waals surface area contributed by atoms with E-state index in [1.165, 1.54) is 0 Å². The number of nitrogens with zero attached hydrogens (tertiary/aromatic N) is 1. The summed E-state index contributed by atoms with van der Waals surface area (Å²) in [5, 5.41) is 9.65. The summed E-state index contributed by atoms with van der Waals surface area (Å²) >= 11 is 0. The molecule has 110 valence electrons. The Labute approximate surface area is 124 Å². The van der Waals surface area contributed by atoms with Crippen LogP contribution in [-0.4, -0.2) is 24.7 Å². The van der Waals surface area contributed by atoms with Crippen molar-refractivity contribution in [3.8, 4) is 11.5 Å². The number of ether oxygens (including phenoxy) is 1. The number of aryl methyl sites for hydroxylation is 1. The summed E-state index contributed by atoms with van der Waals surface area (Å²) < 4.78 is 5.10. The summed E-state index contributed by atoms with van der Waals surface area (Å²) in [7, 11) is 1.59. The highest BCUT2D eigenvalue weighted by Crippen LogP contribution is 2.26. The molecule has 2 aromatic rings. The van der Waals surface area contributed by atoms with Crippen molar-refractivity contribution in [2.45, 2.75) is 13.8 Å². The molecule has 4 heteroatoms. The number of carbonyl (C=O) groups is 1. The first kappa shape index (κ1) is 14.9. The highest BCUT2D eigenvalue weighted by Gasteiger charge is 2.18. The number of methoxy groups -OCH3 is 1. The number of rotatable bonds is 4. The third kappa shape index (κ3) is 3.16. The van der Waals surface area contributed by atoms with E-state index in [2.05, 4.69) is 0 Å². The second kappa shape index (κ2) is 6.31. The Morgan fingerprint density at radius 1 is 1.19 bits per heavy atom. The van der Waals surface area contributed by atoms with E-state index in [-0.39, 0.29) is 11.7 Å². The maximum absolute atomic E-state index is 12.6. The van der Waals surface area contributed by atoms with E-state index in [1.807, 2.05) is 13.8 Å². The van der Waals surface area contributed by atoms with E-state index >= 15 is 0 Å². The minimum Gasteiger partial charge on any atom is -0.508 e. The standard InChI is InChI=1S/C17H19NO3/c1-4-18(16-11-14(19)8-5-12(16)2)17(20)13-6-9-15(21-3)10-7-13/h5-11,19H,4H2,1-3H3. The smallest absolute Gasteiger partial charge is 0.258 e. The molecule has 0 atom stereocenters. The number of amides is 1. The maximum Gasteiger partial charge on any atom is 0.258 e. The number of phenols is 1. The Bertz CT molecular complexity index is 635. The maximum atomic E-state index is 12.6. The predicted molar refractivity (Wildman–Crippen MR) is 83.2 cm³/mol. The summed E-state index contributed by atoms with van der Waals surface area (Å²) in [5.74, 6) is 0.758. The van der Waals surface area contributed by atoms with Gasteiger partial charge in [0.25, 0.3) is 5.91 Å². The highest BCUT2D eigenvalue weighted by atomic mass is 16.5. The van der Waals surface area contributed by atoms with E-state index in [0.29, 0.717) is 17.9 Å². The number of aromatic hydroxyl groups is 1. The minimum absolute atomic E-state index is 0.103. The second-order valence-electron chi connectivity index (χ2n) is 4.75. The Balaban J connectivity index is 2.35. The van der Waals surface area contributed by atoms with E-state index in [1.54, 1.807) is 54.5 Å². The van der Waals surface area contributed by atoms with E-state index < -0.39 is 0 Å². The molecule has 0 fully saturated rings. The first-order valence-corrected chi connectivity index (χ1v) is 6.82. The van der Waals surface area contributed by atoms with Crippen molar-refractivity contribution in [3.05, 3.63) is 53.6 Å². The van der Waals surface area contributed by atoms with Gasteiger partial charge in [-0.2, -0.15) is 0 Å². The fourth-order valence-electron chi connectivity index (χ4n) is 2.20. The van der Waals surface area contributed by atoms with E-state index in [4.69, 9.17) is 4.74 Å². The summed E-state index contributed by atoms with van der Waals surface area (Å²) in [5.41, 5.74) is 2.25. The summed E-state index contributed by atoms with van der Waals surface area (Å²) in [6, 6.07) is 12.0. The lowest BCUT2D eigenvalue weighted by atomic mass is 10.1. The molecule has 4 nitrogen and oxygen atoms in total. The molecule has 21 heavy (non-hydrogen) atoms. The molecule has 0 aliphatic heterocycles. The van der Waals surface area contributed by atoms with E-state index in [0.717, 1.165) is 11.3 Å². The van der Waals surface area contributed by atoms with Crippen LogP contribution in [0.2, 0.25) is 0 Å². The van der Waals surface area contributed by atoms with Crippen LogP contribution in [0.3, 0.4) is 0 Å². The van der Waals surface area contributed by atoms with Crippen molar-refractivity contribution in [3.63, 3.8) is 0 Å². The molecule has 0 aliphatic carbocycles. The zero-order valence-corrected chi connectivity index (χ0v) is 12.5. The van der Waals surface area contributed by atoms with Crippen LogP contribution in [0.5, 0.6) is 11.5 Å². The van der Waals surface area contributed by atoms with Crippen LogP contribution in [0.15, 0.2) is 42.5 Å². The van der Waals surface area contributed by atoms with E-state index in [9.17, 15) is 9.90 Å². The van der Waals surface area contributed by atoms with Gasteiger partial charge in [-0.3, -0.25) is 4.79 Å². The first-order chi connectivity index (χ1) is 10.1. The van der Waals surface area contributed by atoms with Crippen molar-refractivity contribution >= 4 is 11.6 Å². The Kier molecular flexibility index (Phi) is 4.48. The summed E-state index contributed by atoms with van der Waals surface area (Å²) in [6.07, 6.45) is 0. The topological polar surface area (TPSA) is 49.8 Å². The highest BCUT2D eigenvalue weighted by molar-refractivity contribution is 6.06. The first-order valence-electron chi connectivity index (χ1n) is 6.82. The van der Waals surface area contributed by atoms with Crippen molar-refractivity contribution in [1.82, 2.24) is 0 Å². The Morgan fingerprint density at radius 2 is 1.86 bits per heavy atom. The molecule has 1 amide bonds. The van der Waals surface area contributed by atoms with Crippen LogP contribution < -0.4 is 9.64 Å². The van der Waals surface area contributed by atoms with Gasteiger partial charge in [-0.05, 0) is 49.7 Å². The van der Waals surface area contributed by atoms with Crippen LogP contribution in [-0.2, 0) is 0 Å². The molecule has 0 bridgehead atoms. The molecule has 0 aromatic heterocycles. The van der Waals surface area contributed by atoms with Crippen LogP contribution in [0.1, 0.15) is 22.8 Å². The molecule has 2 aromatic carbocycles. The zero-order valence-electron chi connectivity index (χ0n) is 12.5. The fraction of sp³-hybridized carbons (Fsp3) is 0.235. The Morgan fingerprint density at radius 3 is 2.43 bits per heavy atom. The van der Waals surface area contributed by atoms with Gasteiger partial charge in [0, 0.05) is 18.2 Å². The van der Waals surface area contributed by atoms with Crippen LogP contribution >= 0.6 is 0 Å². The number of benzene rings is 2. The quantitative estimate of drug-likeness (QED) is 0.937. The lowest BCUT2D eigenvalue weighted by Crippen LogP contribution is -2.31. The number of phenolic OH excluding ortho intramolecular Hbond substituents is 1. The molecule has 1 N–H and O–H groups in total. The third-order valence-electron chi connectivity index (χ3n) is 3.38. The van der Waals surface area contributed by atoms with Gasteiger partial charge in [-0.15, -0.1) is 0 Å². The number of hydrogen-bond donors (Lipinski definition) is 1. The Hall–Kier alpha value is -2.49. The fourth-order valence-corrected chi connectivity index (χ4v) is 2.20. The van der Waals surface area contributed by atoms with Gasteiger partial charge in [-0.25, -0.2) is 0 Å². The predicted octanol–water partition coefficient (Wildman–Crippen LogP) is 3.38. The van der Waals surface area contributed by atoms with Crippen LogP contribution in [0.4, 0.5) is 5.69 Å². The zero-order chi connectivity index (χ0) is 15.4. The monoisotopic (exact) mass is 285 g/mol. The van der Waals surface area contributed by atoms with Gasteiger partial charge >= 0.3 is 0 Å². The second-order valence-corrected chi connectivity index (χ2v) is 4.75.